The van der Waals surface area contributed by atoms with E-state index in [0.717, 1.165) is 22.4 Å². The highest BCUT2D eigenvalue weighted by molar-refractivity contribution is 6.01. The van der Waals surface area contributed by atoms with E-state index in [4.69, 9.17) is 0 Å². The number of hydrogen-bond acceptors (Lipinski definition) is 0. The van der Waals surface area contributed by atoms with Crippen molar-refractivity contribution in [2.45, 2.75) is 6.92 Å². The average Bonchev–Trinajstić information content (AvgIpc) is 2.13. The van der Waals surface area contributed by atoms with Gasteiger partial charge in [-0.05, 0) is 5.57 Å². The van der Waals surface area contributed by atoms with E-state index in [-0.39, 0.29) is 0 Å². The molecule has 0 aliphatic carbocycles. The summed E-state index contributed by atoms with van der Waals surface area (Å²) in [4.78, 5) is 0. The SMILES string of the molecule is C=C(C=[N+](C)C)C(=C)C(=C)C(C)=[N+](C)C. The van der Waals surface area contributed by atoms with Crippen molar-refractivity contribution in [3.63, 3.8) is 0 Å². The quantitative estimate of drug-likeness (QED) is 0.375. The minimum absolute atomic E-state index is 0.884. The lowest BCUT2D eigenvalue weighted by atomic mass is 9.99. The largest absolute Gasteiger partial charge is 0.241 e. The van der Waals surface area contributed by atoms with Gasteiger partial charge in [-0.2, -0.15) is 0 Å². The van der Waals surface area contributed by atoms with E-state index in [9.17, 15) is 0 Å². The molecule has 2 nitrogen and oxygen atoms in total. The van der Waals surface area contributed by atoms with Gasteiger partial charge in [-0.25, -0.2) is 9.15 Å². The summed E-state index contributed by atoms with van der Waals surface area (Å²) in [6.07, 6.45) is 1.94. The molecule has 0 bridgehead atoms. The molecule has 0 unspecified atom stereocenters. The van der Waals surface area contributed by atoms with Gasteiger partial charge in [-0.15, -0.1) is 0 Å². The molecule has 0 atom stereocenters. The summed E-state index contributed by atoms with van der Waals surface area (Å²) in [5.41, 5.74) is 3.82. The molecule has 0 aromatic carbocycles. The van der Waals surface area contributed by atoms with Gasteiger partial charge in [0.25, 0.3) is 0 Å². The van der Waals surface area contributed by atoms with E-state index in [1.54, 1.807) is 0 Å². The first kappa shape index (κ1) is 13.6. The topological polar surface area (TPSA) is 6.02 Å². The van der Waals surface area contributed by atoms with E-state index in [0.29, 0.717) is 0 Å². The Labute approximate surface area is 93.3 Å². The minimum atomic E-state index is 0.884. The van der Waals surface area contributed by atoms with Gasteiger partial charge < -0.3 is 0 Å². The van der Waals surface area contributed by atoms with Crippen LogP contribution < -0.4 is 0 Å². The van der Waals surface area contributed by atoms with Gasteiger partial charge in [0.15, 0.2) is 11.9 Å². The molecular formula is C13H22N2+2. The zero-order chi connectivity index (χ0) is 12.2. The molecular weight excluding hydrogens is 184 g/mol. The fourth-order valence-electron chi connectivity index (χ4n) is 1.07. The Bertz CT molecular complexity index is 360. The fourth-order valence-corrected chi connectivity index (χ4v) is 1.07. The fraction of sp³-hybridized carbons (Fsp3) is 0.385. The third-order valence-corrected chi connectivity index (χ3v) is 2.27. The van der Waals surface area contributed by atoms with Gasteiger partial charge in [-0.1, -0.05) is 19.7 Å². The maximum Gasteiger partial charge on any atom is 0.179 e. The van der Waals surface area contributed by atoms with Gasteiger partial charge in [0.05, 0.1) is 0 Å². The molecule has 0 spiro atoms. The monoisotopic (exact) mass is 206 g/mol. The zero-order valence-electron chi connectivity index (χ0n) is 10.6. The predicted molar refractivity (Wildman–Crippen MR) is 68.4 cm³/mol. The number of rotatable bonds is 4. The van der Waals surface area contributed by atoms with Crippen LogP contribution in [0.1, 0.15) is 6.92 Å². The van der Waals surface area contributed by atoms with Gasteiger partial charge in [0.2, 0.25) is 0 Å². The molecule has 0 aromatic heterocycles. The molecule has 15 heavy (non-hydrogen) atoms. The Morgan fingerprint density at radius 3 is 1.73 bits per heavy atom. The van der Waals surface area contributed by atoms with Crippen LogP contribution in [0.25, 0.3) is 0 Å². The second-order valence-electron chi connectivity index (χ2n) is 4.05. The van der Waals surface area contributed by atoms with Crippen LogP contribution in [0.4, 0.5) is 0 Å². The molecule has 0 heterocycles. The van der Waals surface area contributed by atoms with Crippen LogP contribution in [-0.4, -0.2) is 49.3 Å². The Morgan fingerprint density at radius 2 is 1.40 bits per heavy atom. The Hall–Kier alpha value is -1.44. The summed E-state index contributed by atoms with van der Waals surface area (Å²) in [6, 6.07) is 0. The maximum atomic E-state index is 4.03. The van der Waals surface area contributed by atoms with Crippen LogP contribution in [0.3, 0.4) is 0 Å². The molecule has 0 N–H and O–H groups in total. The lowest BCUT2D eigenvalue weighted by Crippen LogP contribution is -2.14. The first-order chi connectivity index (χ1) is 6.77. The highest BCUT2D eigenvalue weighted by atomic mass is 14.9. The van der Waals surface area contributed by atoms with Crippen molar-refractivity contribution in [2.75, 3.05) is 28.2 Å². The molecule has 2 heteroatoms. The summed E-state index contributed by atoms with van der Waals surface area (Å²) in [7, 11) is 7.91. The van der Waals surface area contributed by atoms with E-state index >= 15 is 0 Å². The summed E-state index contributed by atoms with van der Waals surface area (Å²) in [5.74, 6) is 0. The summed E-state index contributed by atoms with van der Waals surface area (Å²) in [6.45, 7) is 14.0. The van der Waals surface area contributed by atoms with Crippen LogP contribution >= 0.6 is 0 Å². The van der Waals surface area contributed by atoms with Crippen LogP contribution in [-0.2, 0) is 0 Å². The normalized spacial score (nSPS) is 9.13. The van der Waals surface area contributed by atoms with Crippen LogP contribution in [0.15, 0.2) is 36.5 Å². The highest BCUT2D eigenvalue weighted by Gasteiger charge is 2.12. The average molecular weight is 206 g/mol. The highest BCUT2D eigenvalue weighted by Crippen LogP contribution is 2.13. The van der Waals surface area contributed by atoms with Crippen LogP contribution in [0.5, 0.6) is 0 Å². The maximum absolute atomic E-state index is 4.03. The van der Waals surface area contributed by atoms with Gasteiger partial charge in [0, 0.05) is 18.1 Å². The smallest absolute Gasteiger partial charge is 0.179 e. The molecule has 0 saturated heterocycles. The van der Waals surface area contributed by atoms with Crippen molar-refractivity contribution >= 4 is 11.9 Å². The van der Waals surface area contributed by atoms with Crippen molar-refractivity contribution in [3.8, 4) is 0 Å². The van der Waals surface area contributed by atoms with Crippen LogP contribution in [0, 0.1) is 0 Å². The predicted octanol–water partition coefficient (Wildman–Crippen LogP) is 1.73. The zero-order valence-corrected chi connectivity index (χ0v) is 10.6. The second kappa shape index (κ2) is 5.44. The Morgan fingerprint density at radius 1 is 0.933 bits per heavy atom. The number of hydrogen-bond donors (Lipinski definition) is 0. The van der Waals surface area contributed by atoms with Crippen molar-refractivity contribution in [3.05, 3.63) is 36.5 Å². The molecule has 0 rings (SSSR count). The van der Waals surface area contributed by atoms with E-state index in [1.807, 2.05) is 50.5 Å². The van der Waals surface area contributed by atoms with Crippen molar-refractivity contribution < 1.29 is 9.15 Å². The Kier molecular flexibility index (Phi) is 4.92. The molecule has 0 aliphatic heterocycles. The third-order valence-electron chi connectivity index (χ3n) is 2.27. The molecule has 0 fully saturated rings. The molecule has 0 saturated carbocycles. The molecule has 0 radical (unpaired) electrons. The van der Waals surface area contributed by atoms with E-state index in [2.05, 4.69) is 19.7 Å². The van der Waals surface area contributed by atoms with Crippen molar-refractivity contribution in [1.29, 1.82) is 0 Å². The van der Waals surface area contributed by atoms with E-state index < -0.39 is 0 Å². The lowest BCUT2D eigenvalue weighted by molar-refractivity contribution is -0.464. The summed E-state index contributed by atoms with van der Waals surface area (Å²) >= 11 is 0. The van der Waals surface area contributed by atoms with Crippen molar-refractivity contribution in [1.82, 2.24) is 0 Å². The van der Waals surface area contributed by atoms with Gasteiger partial charge >= 0.3 is 0 Å². The van der Waals surface area contributed by atoms with Gasteiger partial charge in [-0.3, -0.25) is 0 Å². The molecule has 0 aliphatic rings. The third kappa shape index (κ3) is 4.07. The molecule has 0 aromatic rings. The summed E-state index contributed by atoms with van der Waals surface area (Å²) in [5, 5.41) is 0. The molecule has 82 valence electrons. The summed E-state index contributed by atoms with van der Waals surface area (Å²) < 4.78 is 3.97. The number of allylic oxidation sites excluding steroid dienone is 3. The van der Waals surface area contributed by atoms with E-state index in [1.165, 1.54) is 0 Å². The second-order valence-corrected chi connectivity index (χ2v) is 4.05. The van der Waals surface area contributed by atoms with Gasteiger partial charge in [0.1, 0.15) is 28.2 Å². The number of nitrogens with zero attached hydrogens (tertiary/aromatic N) is 2. The first-order valence-electron chi connectivity index (χ1n) is 4.87. The minimum Gasteiger partial charge on any atom is -0.241 e. The van der Waals surface area contributed by atoms with Crippen molar-refractivity contribution in [2.24, 2.45) is 0 Å². The molecule has 0 amide bonds. The first-order valence-corrected chi connectivity index (χ1v) is 4.87. The Balaban J connectivity index is 4.92. The van der Waals surface area contributed by atoms with Crippen LogP contribution in [0.2, 0.25) is 0 Å². The lowest BCUT2D eigenvalue weighted by Gasteiger charge is -2.05. The standard InChI is InChI=1S/C13H22N2/c1-10(9-14(5)6)11(2)12(3)13(4)15(7)8/h9H,1-3H2,4-8H3/q+2.